The van der Waals surface area contributed by atoms with Gasteiger partial charge in [0.2, 0.25) is 0 Å². The zero-order valence-electron chi connectivity index (χ0n) is 14.5. The highest BCUT2D eigenvalue weighted by Crippen LogP contribution is 2.29. The molecule has 120 valence electrons. The Labute approximate surface area is 140 Å². The standard InChI is InChI=1S/C22H27N/c1-5-15-23-22(7-3)21-16-19(18-11-9-8-10-12-18)13-14-20(21)17(4)6-2/h7-14,16-17H,3,5-6,15H2,1-2,4H3/t17-/m0/s1. The summed E-state index contributed by atoms with van der Waals surface area (Å²) in [6.45, 7) is 11.5. The average Bonchev–Trinajstić information content (AvgIpc) is 2.62. The van der Waals surface area contributed by atoms with Gasteiger partial charge >= 0.3 is 0 Å². The third-order valence-electron chi connectivity index (χ3n) is 4.28. The van der Waals surface area contributed by atoms with Gasteiger partial charge in [-0.1, -0.05) is 69.8 Å². The van der Waals surface area contributed by atoms with Gasteiger partial charge in [-0.2, -0.15) is 0 Å². The van der Waals surface area contributed by atoms with E-state index in [2.05, 4.69) is 75.9 Å². The van der Waals surface area contributed by atoms with Gasteiger partial charge in [0.25, 0.3) is 0 Å². The molecule has 0 N–H and O–H groups in total. The molecule has 0 aromatic heterocycles. The number of nitrogens with zero attached hydrogens (tertiary/aromatic N) is 1. The van der Waals surface area contributed by atoms with E-state index in [1.165, 1.54) is 22.3 Å². The van der Waals surface area contributed by atoms with Gasteiger partial charge in [0.1, 0.15) is 0 Å². The molecule has 1 nitrogen and oxygen atoms in total. The molecular weight excluding hydrogens is 278 g/mol. The minimum Gasteiger partial charge on any atom is -0.285 e. The topological polar surface area (TPSA) is 12.4 Å². The second-order valence-corrected chi connectivity index (χ2v) is 5.95. The summed E-state index contributed by atoms with van der Waals surface area (Å²) in [6.07, 6.45) is 4.07. The fourth-order valence-electron chi connectivity index (χ4n) is 2.73. The van der Waals surface area contributed by atoms with Crippen molar-refractivity contribution in [3.05, 3.63) is 72.3 Å². The number of hydrogen-bond donors (Lipinski definition) is 0. The van der Waals surface area contributed by atoms with E-state index in [1.807, 2.05) is 6.08 Å². The van der Waals surface area contributed by atoms with Crippen molar-refractivity contribution < 1.29 is 0 Å². The Kier molecular flexibility index (Phi) is 6.34. The molecule has 0 unspecified atom stereocenters. The number of rotatable bonds is 7. The van der Waals surface area contributed by atoms with Crippen molar-refractivity contribution in [3.8, 4) is 11.1 Å². The Morgan fingerprint density at radius 3 is 2.43 bits per heavy atom. The molecule has 0 spiro atoms. The molecule has 0 aliphatic rings. The molecule has 0 amide bonds. The van der Waals surface area contributed by atoms with Crippen molar-refractivity contribution in [1.82, 2.24) is 0 Å². The Morgan fingerprint density at radius 1 is 1.09 bits per heavy atom. The lowest BCUT2D eigenvalue weighted by atomic mass is 9.88. The zero-order valence-corrected chi connectivity index (χ0v) is 14.5. The van der Waals surface area contributed by atoms with Crippen LogP contribution in [0.4, 0.5) is 0 Å². The minimum atomic E-state index is 0.515. The fraction of sp³-hybridized carbons (Fsp3) is 0.318. The molecule has 2 rings (SSSR count). The normalized spacial score (nSPS) is 12.9. The highest BCUT2D eigenvalue weighted by atomic mass is 14.7. The monoisotopic (exact) mass is 305 g/mol. The van der Waals surface area contributed by atoms with Crippen LogP contribution in [0.3, 0.4) is 0 Å². The molecule has 0 radical (unpaired) electrons. The van der Waals surface area contributed by atoms with Crippen LogP contribution in [-0.4, -0.2) is 12.3 Å². The first-order chi connectivity index (χ1) is 11.2. The third kappa shape index (κ3) is 4.19. The van der Waals surface area contributed by atoms with Gasteiger partial charge in [-0.15, -0.1) is 0 Å². The van der Waals surface area contributed by atoms with Crippen LogP contribution < -0.4 is 0 Å². The van der Waals surface area contributed by atoms with Crippen molar-refractivity contribution in [2.75, 3.05) is 6.54 Å². The highest BCUT2D eigenvalue weighted by molar-refractivity contribution is 6.10. The Bertz CT molecular complexity index is 668. The molecule has 1 atom stereocenters. The maximum atomic E-state index is 4.74. The number of allylic oxidation sites excluding steroid dienone is 1. The van der Waals surface area contributed by atoms with E-state index < -0.39 is 0 Å². The van der Waals surface area contributed by atoms with Crippen LogP contribution in [0.15, 0.2) is 66.2 Å². The lowest BCUT2D eigenvalue weighted by Crippen LogP contribution is -2.06. The van der Waals surface area contributed by atoms with E-state index in [4.69, 9.17) is 4.99 Å². The maximum Gasteiger partial charge on any atom is 0.0643 e. The van der Waals surface area contributed by atoms with E-state index in [0.717, 1.165) is 25.1 Å². The van der Waals surface area contributed by atoms with Crippen LogP contribution in [0.2, 0.25) is 0 Å². The largest absolute Gasteiger partial charge is 0.285 e. The SMILES string of the molecule is C=CC(=NCCC)c1cc(-c2ccccc2)ccc1[C@@H](C)CC. The van der Waals surface area contributed by atoms with Crippen LogP contribution in [0.25, 0.3) is 11.1 Å². The summed E-state index contributed by atoms with van der Waals surface area (Å²) < 4.78 is 0. The van der Waals surface area contributed by atoms with E-state index in [9.17, 15) is 0 Å². The molecule has 0 aliphatic carbocycles. The summed E-state index contributed by atoms with van der Waals surface area (Å²) in [7, 11) is 0. The molecular formula is C22H27N. The van der Waals surface area contributed by atoms with Gasteiger partial charge in [-0.3, -0.25) is 4.99 Å². The second-order valence-electron chi connectivity index (χ2n) is 5.95. The van der Waals surface area contributed by atoms with Crippen LogP contribution in [0, 0.1) is 0 Å². The van der Waals surface area contributed by atoms with Gasteiger partial charge in [0.15, 0.2) is 0 Å². The van der Waals surface area contributed by atoms with Gasteiger partial charge in [0, 0.05) is 12.1 Å². The molecule has 1 heteroatoms. The summed E-state index contributed by atoms with van der Waals surface area (Å²) in [5.74, 6) is 0.515. The predicted molar refractivity (Wildman–Crippen MR) is 102 cm³/mol. The molecule has 0 saturated carbocycles. The molecule has 0 aliphatic heterocycles. The molecule has 0 fully saturated rings. The van der Waals surface area contributed by atoms with Crippen LogP contribution in [0.5, 0.6) is 0 Å². The van der Waals surface area contributed by atoms with Crippen molar-refractivity contribution in [2.24, 2.45) is 4.99 Å². The first-order valence-electron chi connectivity index (χ1n) is 8.57. The fourth-order valence-corrected chi connectivity index (χ4v) is 2.73. The van der Waals surface area contributed by atoms with E-state index >= 15 is 0 Å². The average molecular weight is 305 g/mol. The Morgan fingerprint density at radius 2 is 1.83 bits per heavy atom. The summed E-state index contributed by atoms with van der Waals surface area (Å²) >= 11 is 0. The quantitative estimate of drug-likeness (QED) is 0.536. The van der Waals surface area contributed by atoms with Gasteiger partial charge < -0.3 is 0 Å². The van der Waals surface area contributed by atoms with Gasteiger partial charge in [-0.05, 0) is 47.6 Å². The summed E-state index contributed by atoms with van der Waals surface area (Å²) in [5.41, 5.74) is 6.08. The summed E-state index contributed by atoms with van der Waals surface area (Å²) in [6, 6.07) is 17.3. The maximum absolute atomic E-state index is 4.74. The smallest absolute Gasteiger partial charge is 0.0643 e. The van der Waals surface area contributed by atoms with E-state index in [-0.39, 0.29) is 0 Å². The molecule has 0 heterocycles. The Hall–Kier alpha value is -2.15. The first-order valence-corrected chi connectivity index (χ1v) is 8.57. The van der Waals surface area contributed by atoms with Crippen molar-refractivity contribution in [3.63, 3.8) is 0 Å². The van der Waals surface area contributed by atoms with Crippen molar-refractivity contribution >= 4 is 5.71 Å². The minimum absolute atomic E-state index is 0.515. The van der Waals surface area contributed by atoms with Crippen LogP contribution >= 0.6 is 0 Å². The number of benzene rings is 2. The van der Waals surface area contributed by atoms with E-state index in [0.29, 0.717) is 5.92 Å². The van der Waals surface area contributed by atoms with E-state index in [1.54, 1.807) is 0 Å². The Balaban J connectivity index is 2.56. The molecule has 23 heavy (non-hydrogen) atoms. The molecule has 0 saturated heterocycles. The highest BCUT2D eigenvalue weighted by Gasteiger charge is 2.13. The van der Waals surface area contributed by atoms with Crippen LogP contribution in [0.1, 0.15) is 50.7 Å². The summed E-state index contributed by atoms with van der Waals surface area (Å²) in [5, 5.41) is 0. The van der Waals surface area contributed by atoms with Crippen molar-refractivity contribution in [1.29, 1.82) is 0 Å². The van der Waals surface area contributed by atoms with Gasteiger partial charge in [-0.25, -0.2) is 0 Å². The molecule has 2 aromatic rings. The molecule has 2 aromatic carbocycles. The third-order valence-corrected chi connectivity index (χ3v) is 4.28. The van der Waals surface area contributed by atoms with Gasteiger partial charge in [0.05, 0.1) is 5.71 Å². The first kappa shape index (κ1) is 17.2. The summed E-state index contributed by atoms with van der Waals surface area (Å²) in [4.78, 5) is 4.74. The lowest BCUT2D eigenvalue weighted by Gasteiger charge is -2.17. The van der Waals surface area contributed by atoms with Crippen LogP contribution in [-0.2, 0) is 0 Å². The zero-order chi connectivity index (χ0) is 16.7. The van der Waals surface area contributed by atoms with Crippen molar-refractivity contribution in [2.45, 2.75) is 39.5 Å². The predicted octanol–water partition coefficient (Wildman–Crippen LogP) is 6.25. The molecule has 0 bridgehead atoms. The number of aliphatic imine (C=N–C) groups is 1. The lowest BCUT2D eigenvalue weighted by molar-refractivity contribution is 0.732. The number of hydrogen-bond acceptors (Lipinski definition) is 1. The second kappa shape index (κ2) is 8.47.